The quantitative estimate of drug-likeness (QED) is 0.901. The van der Waals surface area contributed by atoms with Crippen molar-refractivity contribution in [2.24, 2.45) is 0 Å². The van der Waals surface area contributed by atoms with Crippen molar-refractivity contribution in [2.45, 2.75) is 46.2 Å². The van der Waals surface area contributed by atoms with Gasteiger partial charge in [-0.2, -0.15) is 0 Å². The largest absolute Gasteiger partial charge is 0.321 e. The van der Waals surface area contributed by atoms with E-state index < -0.39 is 0 Å². The van der Waals surface area contributed by atoms with Gasteiger partial charge in [0, 0.05) is 30.2 Å². The van der Waals surface area contributed by atoms with E-state index in [4.69, 9.17) is 4.98 Å². The van der Waals surface area contributed by atoms with E-state index in [1.54, 1.807) is 11.3 Å². The summed E-state index contributed by atoms with van der Waals surface area (Å²) >= 11 is 1.80. The monoisotopic (exact) mass is 301 g/mol. The highest BCUT2D eigenvalue weighted by Crippen LogP contribution is 2.32. The highest BCUT2D eigenvalue weighted by Gasteiger charge is 2.21. The first-order chi connectivity index (χ1) is 10.0. The lowest BCUT2D eigenvalue weighted by atomic mass is 10.1. The fraction of sp³-hybridized carbons (Fsp3) is 0.471. The van der Waals surface area contributed by atoms with Gasteiger partial charge >= 0.3 is 0 Å². The van der Waals surface area contributed by atoms with Crippen molar-refractivity contribution in [2.75, 3.05) is 11.9 Å². The third-order valence-electron chi connectivity index (χ3n) is 3.89. The zero-order valence-corrected chi connectivity index (χ0v) is 14.0. The van der Waals surface area contributed by atoms with Gasteiger partial charge in [-0.25, -0.2) is 4.98 Å². The molecule has 0 spiro atoms. The summed E-state index contributed by atoms with van der Waals surface area (Å²) in [6, 6.07) is 7.37. The van der Waals surface area contributed by atoms with Crippen molar-refractivity contribution < 1.29 is 0 Å². The zero-order chi connectivity index (χ0) is 15.0. The Morgan fingerprint density at radius 1 is 1.19 bits per heavy atom. The number of hydrogen-bond donors (Lipinski definition) is 1. The average molecular weight is 301 g/mol. The Labute approximate surface area is 131 Å². The molecule has 1 fully saturated rings. The lowest BCUT2D eigenvalue weighted by Gasteiger charge is -2.17. The predicted molar refractivity (Wildman–Crippen MR) is 90.7 cm³/mol. The van der Waals surface area contributed by atoms with Gasteiger partial charge in [0.15, 0.2) is 5.13 Å². The van der Waals surface area contributed by atoms with Crippen LogP contribution in [0.4, 0.5) is 10.8 Å². The summed E-state index contributed by atoms with van der Waals surface area (Å²) in [5.41, 5.74) is 4.95. The van der Waals surface area contributed by atoms with E-state index in [1.165, 1.54) is 34.5 Å². The van der Waals surface area contributed by atoms with Gasteiger partial charge in [0.05, 0.1) is 5.69 Å². The molecule has 2 aromatic rings. The van der Waals surface area contributed by atoms with Crippen molar-refractivity contribution in [3.8, 4) is 0 Å². The molecule has 1 aromatic heterocycles. The van der Waals surface area contributed by atoms with Crippen molar-refractivity contribution in [1.29, 1.82) is 0 Å². The Morgan fingerprint density at radius 3 is 2.48 bits per heavy atom. The molecule has 1 N–H and O–H groups in total. The van der Waals surface area contributed by atoms with Gasteiger partial charge in [-0.05, 0) is 56.9 Å². The number of nitrogens with zero attached hydrogens (tertiary/aromatic N) is 2. The number of rotatable bonds is 5. The fourth-order valence-electron chi connectivity index (χ4n) is 2.50. The molecule has 3 rings (SSSR count). The van der Waals surface area contributed by atoms with Gasteiger partial charge in [0.25, 0.3) is 0 Å². The van der Waals surface area contributed by atoms with E-state index in [0.717, 1.165) is 23.4 Å². The molecule has 1 aromatic carbocycles. The minimum absolute atomic E-state index is 0.743. The Balaban J connectivity index is 1.79. The third kappa shape index (κ3) is 3.44. The van der Waals surface area contributed by atoms with Crippen molar-refractivity contribution in [3.63, 3.8) is 0 Å². The van der Waals surface area contributed by atoms with E-state index in [9.17, 15) is 0 Å². The van der Waals surface area contributed by atoms with Gasteiger partial charge in [0.2, 0.25) is 0 Å². The number of hydrogen-bond acceptors (Lipinski definition) is 4. The molecular weight excluding hydrogens is 278 g/mol. The van der Waals surface area contributed by atoms with Crippen LogP contribution in [0.1, 0.15) is 34.5 Å². The molecule has 0 saturated heterocycles. The Bertz CT molecular complexity index is 623. The summed E-state index contributed by atoms with van der Waals surface area (Å²) < 4.78 is 0. The smallest absolute Gasteiger partial charge is 0.190 e. The minimum Gasteiger partial charge on any atom is -0.321 e. The molecule has 1 heterocycles. The third-order valence-corrected chi connectivity index (χ3v) is 5.12. The minimum atomic E-state index is 0.743. The molecule has 0 bridgehead atoms. The molecule has 112 valence electrons. The van der Waals surface area contributed by atoms with Crippen LogP contribution in [0.25, 0.3) is 0 Å². The molecule has 21 heavy (non-hydrogen) atoms. The summed E-state index contributed by atoms with van der Waals surface area (Å²) in [4.78, 5) is 8.30. The van der Waals surface area contributed by atoms with Crippen molar-refractivity contribution >= 4 is 22.2 Å². The zero-order valence-electron chi connectivity index (χ0n) is 13.2. The number of aromatic nitrogens is 1. The standard InChI is InChI=1S/C17H23N3S/c1-11-7-12(2)9-15(8-11)20(4)17-19-13(3)16(21-17)10-18-14-5-6-14/h7-9,14,18H,5-6,10H2,1-4H3. The summed E-state index contributed by atoms with van der Waals surface area (Å²) in [6.45, 7) is 7.35. The van der Waals surface area contributed by atoms with Crippen LogP contribution in [0, 0.1) is 20.8 Å². The van der Waals surface area contributed by atoms with Gasteiger partial charge in [-0.1, -0.05) is 17.4 Å². The van der Waals surface area contributed by atoms with Crippen LogP contribution in [-0.2, 0) is 6.54 Å². The second-order valence-corrected chi connectivity index (χ2v) is 7.13. The lowest BCUT2D eigenvalue weighted by Crippen LogP contribution is -2.14. The highest BCUT2D eigenvalue weighted by molar-refractivity contribution is 7.15. The van der Waals surface area contributed by atoms with Crippen LogP contribution < -0.4 is 10.2 Å². The molecule has 1 aliphatic carbocycles. The molecular formula is C17H23N3S. The first-order valence-corrected chi connectivity index (χ1v) is 8.36. The van der Waals surface area contributed by atoms with Crippen LogP contribution in [0.2, 0.25) is 0 Å². The molecule has 0 unspecified atom stereocenters. The number of nitrogens with one attached hydrogen (secondary N) is 1. The molecule has 0 atom stereocenters. The number of thiazole rings is 1. The van der Waals surface area contributed by atoms with Gasteiger partial charge < -0.3 is 10.2 Å². The molecule has 4 heteroatoms. The predicted octanol–water partition coefficient (Wildman–Crippen LogP) is 4.09. The van der Waals surface area contributed by atoms with Crippen LogP contribution >= 0.6 is 11.3 Å². The maximum atomic E-state index is 4.75. The lowest BCUT2D eigenvalue weighted by molar-refractivity contribution is 0.691. The second-order valence-electron chi connectivity index (χ2n) is 6.07. The van der Waals surface area contributed by atoms with E-state index >= 15 is 0 Å². The fourth-order valence-corrected chi connectivity index (χ4v) is 3.49. The van der Waals surface area contributed by atoms with E-state index in [-0.39, 0.29) is 0 Å². The number of benzene rings is 1. The SMILES string of the molecule is Cc1cc(C)cc(N(C)c2nc(C)c(CNC3CC3)s2)c1. The van der Waals surface area contributed by atoms with E-state index in [1.807, 2.05) is 0 Å². The Hall–Kier alpha value is -1.39. The highest BCUT2D eigenvalue weighted by atomic mass is 32.1. The van der Waals surface area contributed by atoms with Gasteiger partial charge in [-0.3, -0.25) is 0 Å². The van der Waals surface area contributed by atoms with Crippen LogP contribution in [-0.4, -0.2) is 18.1 Å². The molecule has 0 aliphatic heterocycles. The molecule has 0 amide bonds. The number of anilines is 2. The first kappa shape index (κ1) is 14.5. The van der Waals surface area contributed by atoms with E-state index in [2.05, 4.69) is 56.2 Å². The van der Waals surface area contributed by atoms with Gasteiger partial charge in [0.1, 0.15) is 0 Å². The van der Waals surface area contributed by atoms with Crippen LogP contribution in [0.5, 0.6) is 0 Å². The molecule has 1 saturated carbocycles. The molecule has 1 aliphatic rings. The Morgan fingerprint density at radius 2 is 1.86 bits per heavy atom. The summed E-state index contributed by atoms with van der Waals surface area (Å²) in [6.07, 6.45) is 2.65. The maximum Gasteiger partial charge on any atom is 0.190 e. The van der Waals surface area contributed by atoms with Crippen LogP contribution in [0.3, 0.4) is 0 Å². The van der Waals surface area contributed by atoms with Crippen LogP contribution in [0.15, 0.2) is 18.2 Å². The Kier molecular flexibility index (Phi) is 4.00. The summed E-state index contributed by atoms with van der Waals surface area (Å²) in [7, 11) is 2.10. The first-order valence-electron chi connectivity index (χ1n) is 7.54. The second kappa shape index (κ2) is 5.78. The normalized spacial score (nSPS) is 14.5. The van der Waals surface area contributed by atoms with E-state index in [0.29, 0.717) is 0 Å². The van der Waals surface area contributed by atoms with Crippen molar-refractivity contribution in [1.82, 2.24) is 10.3 Å². The van der Waals surface area contributed by atoms with Crippen molar-refractivity contribution in [3.05, 3.63) is 39.9 Å². The maximum absolute atomic E-state index is 4.75. The molecule has 0 radical (unpaired) electrons. The average Bonchev–Trinajstić information content (AvgIpc) is 3.18. The van der Waals surface area contributed by atoms with Gasteiger partial charge in [-0.15, -0.1) is 0 Å². The summed E-state index contributed by atoms with van der Waals surface area (Å²) in [5.74, 6) is 0. The topological polar surface area (TPSA) is 28.2 Å². The summed E-state index contributed by atoms with van der Waals surface area (Å²) in [5, 5.41) is 4.65. The molecule has 3 nitrogen and oxygen atoms in total. The number of aryl methyl sites for hydroxylation is 3.